The summed E-state index contributed by atoms with van der Waals surface area (Å²) in [7, 11) is 3.11. The maximum absolute atomic E-state index is 9.64. The molecule has 0 amide bonds. The van der Waals surface area contributed by atoms with Crippen molar-refractivity contribution < 1.29 is 19.7 Å². The van der Waals surface area contributed by atoms with Crippen LogP contribution >= 0.6 is 0 Å². The number of phenolic OH excluding ortho intramolecular Hbond substituents is 2. The van der Waals surface area contributed by atoms with E-state index < -0.39 is 0 Å². The van der Waals surface area contributed by atoms with Gasteiger partial charge in [-0.3, -0.25) is 0 Å². The summed E-state index contributed by atoms with van der Waals surface area (Å²) in [6.07, 6.45) is 2.87. The Hall–Kier alpha value is -2.36. The second kappa shape index (κ2) is 7.77. The normalized spacial score (nSPS) is 12.0. The lowest BCUT2D eigenvalue weighted by Gasteiger charge is -2.13. The average molecular weight is 316 g/mol. The Bertz CT molecular complexity index is 652. The van der Waals surface area contributed by atoms with E-state index in [2.05, 4.69) is 6.92 Å². The number of rotatable bonds is 7. The lowest BCUT2D eigenvalue weighted by Crippen LogP contribution is -2.02. The number of benzene rings is 2. The fourth-order valence-corrected chi connectivity index (χ4v) is 2.64. The number of methoxy groups -OCH3 is 2. The number of hydrogen-bond donors (Lipinski definition) is 2. The highest BCUT2D eigenvalue weighted by molar-refractivity contribution is 5.42. The minimum Gasteiger partial charge on any atom is -0.504 e. The van der Waals surface area contributed by atoms with Gasteiger partial charge in [-0.2, -0.15) is 0 Å². The molecule has 0 fully saturated rings. The van der Waals surface area contributed by atoms with E-state index in [0.717, 1.165) is 30.4 Å². The first-order valence-corrected chi connectivity index (χ1v) is 7.75. The van der Waals surface area contributed by atoms with E-state index >= 15 is 0 Å². The molecule has 0 aliphatic heterocycles. The van der Waals surface area contributed by atoms with Crippen LogP contribution in [0.2, 0.25) is 0 Å². The lowest BCUT2D eigenvalue weighted by molar-refractivity contribution is 0.372. The molecule has 0 heterocycles. The van der Waals surface area contributed by atoms with E-state index in [1.165, 1.54) is 0 Å². The van der Waals surface area contributed by atoms with Crippen molar-refractivity contribution in [3.63, 3.8) is 0 Å². The van der Waals surface area contributed by atoms with Gasteiger partial charge in [-0.1, -0.05) is 19.1 Å². The van der Waals surface area contributed by atoms with E-state index in [-0.39, 0.29) is 11.5 Å². The van der Waals surface area contributed by atoms with Crippen LogP contribution < -0.4 is 9.47 Å². The maximum atomic E-state index is 9.64. The van der Waals surface area contributed by atoms with E-state index in [9.17, 15) is 10.2 Å². The molecule has 23 heavy (non-hydrogen) atoms. The fraction of sp³-hybridized carbons (Fsp3) is 0.368. The van der Waals surface area contributed by atoms with Gasteiger partial charge < -0.3 is 19.7 Å². The van der Waals surface area contributed by atoms with Gasteiger partial charge in [-0.05, 0) is 60.6 Å². The van der Waals surface area contributed by atoms with Gasteiger partial charge in [0.15, 0.2) is 23.0 Å². The third kappa shape index (κ3) is 4.55. The van der Waals surface area contributed by atoms with Crippen LogP contribution in [0, 0.1) is 5.92 Å². The third-order valence-electron chi connectivity index (χ3n) is 4.00. The SMILES string of the molecule is COc1cc(CC[C@@H](C)Cc2ccc(O)c(OC)c2)ccc1O. The first-order valence-electron chi connectivity index (χ1n) is 7.75. The number of aryl methyl sites for hydroxylation is 1. The molecule has 0 aliphatic carbocycles. The molecule has 2 aromatic rings. The molecule has 4 heteroatoms. The van der Waals surface area contributed by atoms with Crippen molar-refractivity contribution in [3.8, 4) is 23.0 Å². The minimum atomic E-state index is 0.167. The van der Waals surface area contributed by atoms with Crippen molar-refractivity contribution in [2.75, 3.05) is 14.2 Å². The van der Waals surface area contributed by atoms with Crippen molar-refractivity contribution in [3.05, 3.63) is 47.5 Å². The topological polar surface area (TPSA) is 58.9 Å². The highest BCUT2D eigenvalue weighted by Crippen LogP contribution is 2.29. The summed E-state index contributed by atoms with van der Waals surface area (Å²) in [5, 5.41) is 19.3. The summed E-state index contributed by atoms with van der Waals surface area (Å²) in [5.41, 5.74) is 2.30. The maximum Gasteiger partial charge on any atom is 0.160 e. The van der Waals surface area contributed by atoms with E-state index in [1.807, 2.05) is 24.3 Å². The van der Waals surface area contributed by atoms with Crippen LogP contribution in [-0.4, -0.2) is 24.4 Å². The zero-order chi connectivity index (χ0) is 16.8. The summed E-state index contributed by atoms with van der Waals surface area (Å²) >= 11 is 0. The Kier molecular flexibility index (Phi) is 5.74. The van der Waals surface area contributed by atoms with Gasteiger partial charge in [-0.15, -0.1) is 0 Å². The molecule has 4 nitrogen and oxygen atoms in total. The number of hydrogen-bond acceptors (Lipinski definition) is 4. The van der Waals surface area contributed by atoms with E-state index in [0.29, 0.717) is 17.4 Å². The third-order valence-corrected chi connectivity index (χ3v) is 4.00. The molecule has 2 N–H and O–H groups in total. The molecule has 0 aromatic heterocycles. The van der Waals surface area contributed by atoms with Crippen molar-refractivity contribution >= 4 is 0 Å². The largest absolute Gasteiger partial charge is 0.504 e. The quantitative estimate of drug-likeness (QED) is 0.812. The zero-order valence-corrected chi connectivity index (χ0v) is 13.9. The summed E-state index contributed by atoms with van der Waals surface area (Å²) < 4.78 is 10.3. The summed E-state index contributed by atoms with van der Waals surface area (Å²) in [5.74, 6) is 1.85. The molecule has 1 atom stereocenters. The molecular formula is C19H24O4. The first kappa shape index (κ1) is 17.0. The number of ether oxygens (including phenoxy) is 2. The average Bonchev–Trinajstić information content (AvgIpc) is 2.55. The van der Waals surface area contributed by atoms with Crippen molar-refractivity contribution in [1.29, 1.82) is 0 Å². The van der Waals surface area contributed by atoms with Gasteiger partial charge in [0.2, 0.25) is 0 Å². The molecule has 2 rings (SSSR count). The second-order valence-corrected chi connectivity index (χ2v) is 5.86. The summed E-state index contributed by atoms with van der Waals surface area (Å²) in [4.78, 5) is 0. The molecule has 2 aromatic carbocycles. The molecular weight excluding hydrogens is 292 g/mol. The van der Waals surface area contributed by atoms with Crippen LogP contribution in [0.5, 0.6) is 23.0 Å². The monoisotopic (exact) mass is 316 g/mol. The fourth-order valence-electron chi connectivity index (χ4n) is 2.64. The number of phenols is 2. The molecule has 0 saturated carbocycles. The number of aromatic hydroxyl groups is 2. The van der Waals surface area contributed by atoms with Gasteiger partial charge in [0.1, 0.15) is 0 Å². The Morgan fingerprint density at radius 1 is 0.870 bits per heavy atom. The van der Waals surface area contributed by atoms with Gasteiger partial charge in [0.25, 0.3) is 0 Å². The van der Waals surface area contributed by atoms with Gasteiger partial charge in [-0.25, -0.2) is 0 Å². The van der Waals surface area contributed by atoms with Crippen LogP contribution in [0.1, 0.15) is 24.5 Å². The second-order valence-electron chi connectivity index (χ2n) is 5.86. The van der Waals surface area contributed by atoms with Crippen LogP contribution in [0.25, 0.3) is 0 Å². The van der Waals surface area contributed by atoms with Crippen LogP contribution in [0.3, 0.4) is 0 Å². The predicted octanol–water partition coefficient (Wildman–Crippen LogP) is 3.93. The molecule has 0 spiro atoms. The highest BCUT2D eigenvalue weighted by atomic mass is 16.5. The molecule has 0 bridgehead atoms. The van der Waals surface area contributed by atoms with Crippen LogP contribution in [-0.2, 0) is 12.8 Å². The first-order chi connectivity index (χ1) is 11.0. The molecule has 0 saturated heterocycles. The van der Waals surface area contributed by atoms with Crippen LogP contribution in [0.4, 0.5) is 0 Å². The molecule has 124 valence electrons. The van der Waals surface area contributed by atoms with Gasteiger partial charge in [0.05, 0.1) is 14.2 Å². The Labute approximate surface area is 137 Å². The van der Waals surface area contributed by atoms with Crippen molar-refractivity contribution in [2.45, 2.75) is 26.2 Å². The van der Waals surface area contributed by atoms with Crippen LogP contribution in [0.15, 0.2) is 36.4 Å². The van der Waals surface area contributed by atoms with Crippen molar-refractivity contribution in [2.24, 2.45) is 5.92 Å². The molecule has 0 unspecified atom stereocenters. The van der Waals surface area contributed by atoms with Gasteiger partial charge in [0, 0.05) is 0 Å². The zero-order valence-electron chi connectivity index (χ0n) is 13.9. The smallest absolute Gasteiger partial charge is 0.160 e. The minimum absolute atomic E-state index is 0.167. The molecule has 0 aliphatic rings. The Balaban J connectivity index is 1.93. The molecule has 0 radical (unpaired) electrons. The van der Waals surface area contributed by atoms with E-state index in [4.69, 9.17) is 9.47 Å². The Morgan fingerprint density at radius 3 is 1.96 bits per heavy atom. The standard InChI is InChI=1S/C19H24O4/c1-13(10-15-7-9-17(21)19(12-15)23-3)4-5-14-6-8-16(20)18(11-14)22-2/h6-9,11-13,20-21H,4-5,10H2,1-3H3/t13-/m1/s1. The summed E-state index contributed by atoms with van der Waals surface area (Å²) in [6, 6.07) is 11.0. The van der Waals surface area contributed by atoms with E-state index in [1.54, 1.807) is 26.4 Å². The summed E-state index contributed by atoms with van der Waals surface area (Å²) in [6.45, 7) is 2.21. The van der Waals surface area contributed by atoms with Gasteiger partial charge >= 0.3 is 0 Å². The predicted molar refractivity (Wildman–Crippen MR) is 90.5 cm³/mol. The lowest BCUT2D eigenvalue weighted by atomic mass is 9.94. The Morgan fingerprint density at radius 2 is 1.39 bits per heavy atom. The van der Waals surface area contributed by atoms with Crippen molar-refractivity contribution in [1.82, 2.24) is 0 Å². The highest BCUT2D eigenvalue weighted by Gasteiger charge is 2.09.